The summed E-state index contributed by atoms with van der Waals surface area (Å²) in [7, 11) is 0. The molecule has 4 rings (SSSR count). The lowest BCUT2D eigenvalue weighted by Crippen LogP contribution is -1.97. The molecule has 4 aromatic carbocycles. The molecule has 0 amide bonds. The number of ether oxygens (including phenoxy) is 2. The Kier molecular flexibility index (Phi) is 6.80. The lowest BCUT2D eigenvalue weighted by molar-refractivity contribution is 0.306. The van der Waals surface area contributed by atoms with Gasteiger partial charge >= 0.3 is 0 Å². The maximum Gasteiger partial charge on any atom is 0.120 e. The summed E-state index contributed by atoms with van der Waals surface area (Å²) in [6, 6.07) is 36.9. The average molecular weight is 394 g/mol. The van der Waals surface area contributed by atoms with Crippen molar-refractivity contribution in [2.45, 2.75) is 19.6 Å². The van der Waals surface area contributed by atoms with Crippen molar-refractivity contribution in [3.8, 4) is 11.5 Å². The molecule has 149 valence electrons. The first-order valence-corrected chi connectivity index (χ1v) is 10.2. The normalized spacial score (nSPS) is 10.5. The molecule has 0 N–H and O–H groups in total. The molecule has 1 radical (unpaired) electrons. The Morgan fingerprint density at radius 3 is 1.67 bits per heavy atom. The molecule has 0 aromatic heterocycles. The van der Waals surface area contributed by atoms with Gasteiger partial charge in [-0.05, 0) is 59.4 Å². The Labute approximate surface area is 178 Å². The summed E-state index contributed by atoms with van der Waals surface area (Å²) in [5.41, 5.74) is 4.70. The van der Waals surface area contributed by atoms with E-state index in [1.165, 1.54) is 16.7 Å². The zero-order chi connectivity index (χ0) is 20.4. The highest BCUT2D eigenvalue weighted by molar-refractivity contribution is 5.36. The quantitative estimate of drug-likeness (QED) is 0.317. The second kappa shape index (κ2) is 10.3. The van der Waals surface area contributed by atoms with Crippen molar-refractivity contribution in [2.24, 2.45) is 0 Å². The first-order chi connectivity index (χ1) is 14.8. The van der Waals surface area contributed by atoms with Crippen LogP contribution in [0.25, 0.3) is 0 Å². The lowest BCUT2D eigenvalue weighted by Gasteiger charge is -2.10. The van der Waals surface area contributed by atoms with Crippen LogP contribution in [0, 0.1) is 6.42 Å². The molecule has 0 spiro atoms. The van der Waals surface area contributed by atoms with E-state index < -0.39 is 0 Å². The number of rotatable bonds is 9. The second-order valence-corrected chi connectivity index (χ2v) is 7.18. The largest absolute Gasteiger partial charge is 0.489 e. The molecule has 0 unspecified atom stereocenters. The Morgan fingerprint density at radius 1 is 0.500 bits per heavy atom. The van der Waals surface area contributed by atoms with Crippen molar-refractivity contribution >= 4 is 0 Å². The SMILES string of the molecule is [CH](Cc1cccc(OCc2ccccc2)c1)c1cccc(OCc2ccccc2)c1. The maximum atomic E-state index is 5.94. The van der Waals surface area contributed by atoms with Crippen LogP contribution in [-0.2, 0) is 19.6 Å². The van der Waals surface area contributed by atoms with Crippen molar-refractivity contribution < 1.29 is 9.47 Å². The predicted molar refractivity (Wildman–Crippen MR) is 122 cm³/mol. The van der Waals surface area contributed by atoms with Crippen LogP contribution in [0.1, 0.15) is 22.3 Å². The van der Waals surface area contributed by atoms with Crippen molar-refractivity contribution in [1.29, 1.82) is 0 Å². The lowest BCUT2D eigenvalue weighted by atomic mass is 10.0. The van der Waals surface area contributed by atoms with Gasteiger partial charge in [0.15, 0.2) is 0 Å². The van der Waals surface area contributed by atoms with E-state index in [4.69, 9.17) is 9.47 Å². The third kappa shape index (κ3) is 5.99. The number of hydrogen-bond acceptors (Lipinski definition) is 2. The van der Waals surface area contributed by atoms with Crippen LogP contribution < -0.4 is 9.47 Å². The van der Waals surface area contributed by atoms with E-state index in [1.807, 2.05) is 60.7 Å². The van der Waals surface area contributed by atoms with Gasteiger partial charge in [-0.1, -0.05) is 84.9 Å². The summed E-state index contributed by atoms with van der Waals surface area (Å²) >= 11 is 0. The number of hydrogen-bond donors (Lipinski definition) is 0. The van der Waals surface area contributed by atoms with Crippen LogP contribution in [0.5, 0.6) is 11.5 Å². The van der Waals surface area contributed by atoms with Crippen LogP contribution in [0.15, 0.2) is 109 Å². The van der Waals surface area contributed by atoms with E-state index >= 15 is 0 Å². The fourth-order valence-corrected chi connectivity index (χ4v) is 3.21. The van der Waals surface area contributed by atoms with Gasteiger partial charge < -0.3 is 9.47 Å². The maximum absolute atomic E-state index is 5.94. The Morgan fingerprint density at radius 2 is 1.03 bits per heavy atom. The first-order valence-electron chi connectivity index (χ1n) is 10.2. The van der Waals surface area contributed by atoms with Crippen LogP contribution in [-0.4, -0.2) is 0 Å². The minimum Gasteiger partial charge on any atom is -0.489 e. The fourth-order valence-electron chi connectivity index (χ4n) is 3.21. The summed E-state index contributed by atoms with van der Waals surface area (Å²) in [6.07, 6.45) is 3.05. The molecule has 0 aliphatic heterocycles. The summed E-state index contributed by atoms with van der Waals surface area (Å²) in [4.78, 5) is 0. The third-order valence-electron chi connectivity index (χ3n) is 4.83. The molecule has 4 aromatic rings. The monoisotopic (exact) mass is 393 g/mol. The molecule has 2 nitrogen and oxygen atoms in total. The van der Waals surface area contributed by atoms with Gasteiger partial charge in [0.25, 0.3) is 0 Å². The van der Waals surface area contributed by atoms with Gasteiger partial charge in [-0.2, -0.15) is 0 Å². The van der Waals surface area contributed by atoms with E-state index in [0.29, 0.717) is 13.2 Å². The first kappa shape index (κ1) is 19.8. The molecular formula is C28H25O2. The van der Waals surface area contributed by atoms with E-state index in [2.05, 4.69) is 55.0 Å². The summed E-state index contributed by atoms with van der Waals surface area (Å²) in [6.45, 7) is 1.15. The van der Waals surface area contributed by atoms with Crippen LogP contribution >= 0.6 is 0 Å². The highest BCUT2D eigenvalue weighted by Crippen LogP contribution is 2.20. The highest BCUT2D eigenvalue weighted by Gasteiger charge is 2.02. The highest BCUT2D eigenvalue weighted by atomic mass is 16.5. The van der Waals surface area contributed by atoms with Crippen molar-refractivity contribution in [3.63, 3.8) is 0 Å². The van der Waals surface area contributed by atoms with E-state index in [-0.39, 0.29) is 0 Å². The third-order valence-corrected chi connectivity index (χ3v) is 4.83. The molecule has 30 heavy (non-hydrogen) atoms. The van der Waals surface area contributed by atoms with Crippen LogP contribution in [0.2, 0.25) is 0 Å². The van der Waals surface area contributed by atoms with Gasteiger partial charge in [-0.3, -0.25) is 0 Å². The van der Waals surface area contributed by atoms with Crippen molar-refractivity contribution in [1.82, 2.24) is 0 Å². The minimum absolute atomic E-state index is 0.574. The van der Waals surface area contributed by atoms with E-state index in [9.17, 15) is 0 Å². The van der Waals surface area contributed by atoms with Crippen LogP contribution in [0.3, 0.4) is 0 Å². The molecule has 0 aliphatic rings. The molecule has 0 bridgehead atoms. The average Bonchev–Trinajstić information content (AvgIpc) is 2.82. The molecule has 0 saturated carbocycles. The Hall–Kier alpha value is -3.52. The molecular weight excluding hydrogens is 368 g/mol. The fraction of sp³-hybridized carbons (Fsp3) is 0.107. The summed E-state index contributed by atoms with van der Waals surface area (Å²) in [5.74, 6) is 1.78. The minimum atomic E-state index is 0.574. The predicted octanol–water partition coefficient (Wildman–Crippen LogP) is 6.64. The van der Waals surface area contributed by atoms with Gasteiger partial charge in [-0.25, -0.2) is 0 Å². The second-order valence-electron chi connectivity index (χ2n) is 7.18. The number of benzene rings is 4. The Bertz CT molecular complexity index is 955. The van der Waals surface area contributed by atoms with E-state index in [0.717, 1.165) is 23.5 Å². The van der Waals surface area contributed by atoms with Crippen LogP contribution in [0.4, 0.5) is 0 Å². The molecule has 0 atom stereocenters. The molecule has 0 heterocycles. The molecule has 0 aliphatic carbocycles. The zero-order valence-corrected chi connectivity index (χ0v) is 16.9. The van der Waals surface area contributed by atoms with Gasteiger partial charge in [-0.15, -0.1) is 0 Å². The van der Waals surface area contributed by atoms with Gasteiger partial charge in [0, 0.05) is 0 Å². The molecule has 2 heteroatoms. The molecule has 0 fully saturated rings. The van der Waals surface area contributed by atoms with Crippen molar-refractivity contribution in [3.05, 3.63) is 138 Å². The smallest absolute Gasteiger partial charge is 0.120 e. The van der Waals surface area contributed by atoms with E-state index in [1.54, 1.807) is 0 Å². The molecule has 0 saturated heterocycles. The van der Waals surface area contributed by atoms with Gasteiger partial charge in [0.1, 0.15) is 24.7 Å². The van der Waals surface area contributed by atoms with Gasteiger partial charge in [0.2, 0.25) is 0 Å². The van der Waals surface area contributed by atoms with Gasteiger partial charge in [0.05, 0.1) is 0 Å². The summed E-state index contributed by atoms with van der Waals surface area (Å²) < 4.78 is 11.9. The standard InChI is InChI=1S/C28H25O2/c1-3-9-25(10-4-1)21-29-27-15-7-13-23(19-27)17-18-24-14-8-16-28(20-24)30-22-26-11-5-2-6-12-26/h1-17,19-20H,18,21-22H2. The summed E-state index contributed by atoms with van der Waals surface area (Å²) in [5, 5.41) is 0. The van der Waals surface area contributed by atoms with Crippen molar-refractivity contribution in [2.75, 3.05) is 0 Å². The topological polar surface area (TPSA) is 18.5 Å². The Balaban J connectivity index is 1.31. The zero-order valence-electron chi connectivity index (χ0n) is 16.9.